The first-order valence-corrected chi connectivity index (χ1v) is 6.74. The Kier molecular flexibility index (Phi) is 4.21. The van der Waals surface area contributed by atoms with Crippen molar-refractivity contribution in [2.75, 3.05) is 23.9 Å². The van der Waals surface area contributed by atoms with Gasteiger partial charge in [-0.25, -0.2) is 0 Å². The van der Waals surface area contributed by atoms with Gasteiger partial charge in [-0.3, -0.25) is 0 Å². The molecule has 0 saturated carbocycles. The van der Waals surface area contributed by atoms with Crippen molar-refractivity contribution < 1.29 is 18.9 Å². The van der Waals surface area contributed by atoms with E-state index in [2.05, 4.69) is 31.9 Å². The fourth-order valence-corrected chi connectivity index (χ4v) is 2.18. The molecular formula is C8H12Br2O4. The highest BCUT2D eigenvalue weighted by molar-refractivity contribution is 9.09. The summed E-state index contributed by atoms with van der Waals surface area (Å²) in [6.45, 7) is 1.15. The van der Waals surface area contributed by atoms with Gasteiger partial charge in [0, 0.05) is 0 Å². The Morgan fingerprint density at radius 3 is 1.64 bits per heavy atom. The second kappa shape index (κ2) is 5.23. The topological polar surface area (TPSA) is 36.9 Å². The molecule has 0 radical (unpaired) electrons. The highest BCUT2D eigenvalue weighted by Gasteiger charge is 2.37. The number of hydrogen-bond donors (Lipinski definition) is 0. The molecule has 2 aliphatic heterocycles. The minimum Gasteiger partial charge on any atom is -0.349 e. The Balaban J connectivity index is 1.88. The third kappa shape index (κ3) is 2.48. The van der Waals surface area contributed by atoms with Gasteiger partial charge in [-0.2, -0.15) is 0 Å². The molecule has 2 fully saturated rings. The monoisotopic (exact) mass is 330 g/mol. The molecule has 0 N–H and O–H groups in total. The van der Waals surface area contributed by atoms with Crippen molar-refractivity contribution in [3.63, 3.8) is 0 Å². The highest BCUT2D eigenvalue weighted by Crippen LogP contribution is 2.23. The molecule has 0 spiro atoms. The molecule has 14 heavy (non-hydrogen) atoms. The molecule has 82 valence electrons. The summed E-state index contributed by atoms with van der Waals surface area (Å²) in [5, 5.41) is 1.36. The fraction of sp³-hybridized carbons (Fsp3) is 1.00. The predicted octanol–water partition coefficient (Wildman–Crippen LogP) is 1.26. The van der Waals surface area contributed by atoms with Crippen LogP contribution < -0.4 is 0 Å². The van der Waals surface area contributed by atoms with Gasteiger partial charge in [0.1, 0.15) is 12.2 Å². The lowest BCUT2D eigenvalue weighted by Crippen LogP contribution is -2.53. The Bertz CT molecular complexity index is 172. The lowest BCUT2D eigenvalue weighted by molar-refractivity contribution is -0.326. The van der Waals surface area contributed by atoms with Gasteiger partial charge in [-0.1, -0.05) is 31.9 Å². The number of rotatable bonds is 2. The van der Waals surface area contributed by atoms with Gasteiger partial charge in [0.25, 0.3) is 0 Å². The lowest BCUT2D eigenvalue weighted by atomic mass is 10.2. The second-order valence-corrected chi connectivity index (χ2v) is 4.48. The average Bonchev–Trinajstić information content (AvgIpc) is 2.27. The Morgan fingerprint density at radius 2 is 1.29 bits per heavy atom. The summed E-state index contributed by atoms with van der Waals surface area (Å²) < 4.78 is 22.0. The summed E-state index contributed by atoms with van der Waals surface area (Å²) in [5.74, 6) is 0. The van der Waals surface area contributed by atoms with Gasteiger partial charge < -0.3 is 18.9 Å². The number of ether oxygens (including phenoxy) is 4. The fourth-order valence-electron chi connectivity index (χ4n) is 1.50. The van der Waals surface area contributed by atoms with Crippen LogP contribution in [0.5, 0.6) is 0 Å². The smallest absolute Gasteiger partial charge is 0.167 e. The van der Waals surface area contributed by atoms with E-state index in [9.17, 15) is 0 Å². The van der Waals surface area contributed by atoms with Crippen molar-refractivity contribution in [2.24, 2.45) is 0 Å². The molecule has 0 unspecified atom stereocenters. The van der Waals surface area contributed by atoms with Crippen molar-refractivity contribution in [1.82, 2.24) is 0 Å². The number of alkyl halides is 2. The summed E-state index contributed by atoms with van der Waals surface area (Å²) in [4.78, 5) is 0. The van der Waals surface area contributed by atoms with Crippen LogP contribution in [-0.2, 0) is 18.9 Å². The Labute approximate surface area is 99.5 Å². The van der Waals surface area contributed by atoms with E-state index >= 15 is 0 Å². The standard InChI is InChI=1S/C8H12Br2O4/c9-1-7-11-3-6-5(13-7)4-12-8(2-10)14-6/h5-8H,1-4H2/t5-,6-,7-,8-/m1/s1. The number of fused-ring (bicyclic) bond motifs is 1. The minimum atomic E-state index is -0.177. The first-order chi connectivity index (χ1) is 6.83. The summed E-state index contributed by atoms with van der Waals surface area (Å²) >= 11 is 6.63. The largest absolute Gasteiger partial charge is 0.349 e. The molecule has 6 heteroatoms. The van der Waals surface area contributed by atoms with Crippen LogP contribution in [0.2, 0.25) is 0 Å². The van der Waals surface area contributed by atoms with Gasteiger partial charge in [-0.05, 0) is 0 Å². The molecule has 0 bridgehead atoms. The lowest BCUT2D eigenvalue weighted by Gasteiger charge is -2.40. The molecule has 4 atom stereocenters. The molecule has 2 rings (SSSR count). The zero-order valence-electron chi connectivity index (χ0n) is 7.53. The van der Waals surface area contributed by atoms with E-state index in [1.165, 1.54) is 0 Å². The van der Waals surface area contributed by atoms with E-state index in [4.69, 9.17) is 18.9 Å². The summed E-state index contributed by atoms with van der Waals surface area (Å²) in [6, 6.07) is 0. The highest BCUT2D eigenvalue weighted by atomic mass is 79.9. The SMILES string of the molecule is BrC[C@@H]1OC[C@H]2O[C@H](CBr)OC[C@H]2O1. The van der Waals surface area contributed by atoms with E-state index < -0.39 is 0 Å². The van der Waals surface area contributed by atoms with Gasteiger partial charge in [0.05, 0.1) is 23.9 Å². The van der Waals surface area contributed by atoms with Crippen molar-refractivity contribution in [2.45, 2.75) is 24.8 Å². The Morgan fingerprint density at radius 1 is 0.857 bits per heavy atom. The maximum atomic E-state index is 5.60. The van der Waals surface area contributed by atoms with Crippen LogP contribution in [0.15, 0.2) is 0 Å². The third-order valence-electron chi connectivity index (χ3n) is 2.21. The van der Waals surface area contributed by atoms with Crippen molar-refractivity contribution >= 4 is 31.9 Å². The molecule has 2 heterocycles. The average molecular weight is 332 g/mol. The zero-order valence-corrected chi connectivity index (χ0v) is 10.7. The zero-order chi connectivity index (χ0) is 9.97. The van der Waals surface area contributed by atoms with Gasteiger partial charge in [0.2, 0.25) is 0 Å². The summed E-state index contributed by atoms with van der Waals surface area (Å²) in [6.07, 6.45) is -0.351. The van der Waals surface area contributed by atoms with E-state index in [1.807, 2.05) is 0 Å². The van der Waals surface area contributed by atoms with Crippen LogP contribution in [0, 0.1) is 0 Å². The summed E-state index contributed by atoms with van der Waals surface area (Å²) in [5.41, 5.74) is 0. The first kappa shape index (κ1) is 11.3. The molecular weight excluding hydrogens is 320 g/mol. The van der Waals surface area contributed by atoms with Crippen molar-refractivity contribution in [3.05, 3.63) is 0 Å². The van der Waals surface area contributed by atoms with Crippen LogP contribution in [0.1, 0.15) is 0 Å². The third-order valence-corrected chi connectivity index (χ3v) is 3.27. The van der Waals surface area contributed by atoms with Crippen LogP contribution >= 0.6 is 31.9 Å². The quantitative estimate of drug-likeness (QED) is 0.714. The van der Waals surface area contributed by atoms with Crippen molar-refractivity contribution in [3.8, 4) is 0 Å². The number of halogens is 2. The molecule has 0 aliphatic carbocycles. The summed E-state index contributed by atoms with van der Waals surface area (Å²) in [7, 11) is 0. The molecule has 0 aromatic heterocycles. The van der Waals surface area contributed by atoms with Gasteiger partial charge >= 0.3 is 0 Å². The van der Waals surface area contributed by atoms with Crippen LogP contribution in [0.4, 0.5) is 0 Å². The van der Waals surface area contributed by atoms with Gasteiger partial charge in [0.15, 0.2) is 12.6 Å². The molecule has 2 aliphatic rings. The molecule has 0 amide bonds. The molecule has 4 nitrogen and oxygen atoms in total. The Hall–Kier alpha value is 0.800. The minimum absolute atomic E-state index is 0.00148. The molecule has 0 aromatic rings. The second-order valence-electron chi connectivity index (χ2n) is 3.18. The molecule has 0 aromatic carbocycles. The van der Waals surface area contributed by atoms with E-state index in [1.54, 1.807) is 0 Å². The van der Waals surface area contributed by atoms with E-state index in [0.29, 0.717) is 23.9 Å². The maximum absolute atomic E-state index is 5.60. The van der Waals surface area contributed by atoms with Crippen LogP contribution in [-0.4, -0.2) is 48.7 Å². The van der Waals surface area contributed by atoms with E-state index in [-0.39, 0.29) is 24.8 Å². The van der Waals surface area contributed by atoms with Crippen molar-refractivity contribution in [1.29, 1.82) is 0 Å². The normalized spacial score (nSPS) is 43.3. The van der Waals surface area contributed by atoms with E-state index in [0.717, 1.165) is 0 Å². The van der Waals surface area contributed by atoms with Crippen LogP contribution in [0.25, 0.3) is 0 Å². The molecule has 2 saturated heterocycles. The maximum Gasteiger partial charge on any atom is 0.167 e. The first-order valence-electron chi connectivity index (χ1n) is 4.49. The van der Waals surface area contributed by atoms with Gasteiger partial charge in [-0.15, -0.1) is 0 Å². The van der Waals surface area contributed by atoms with Crippen LogP contribution in [0.3, 0.4) is 0 Å². The number of hydrogen-bond acceptors (Lipinski definition) is 4. The predicted molar refractivity (Wildman–Crippen MR) is 56.8 cm³/mol.